The summed E-state index contributed by atoms with van der Waals surface area (Å²) >= 11 is 0. The van der Waals surface area contributed by atoms with Gasteiger partial charge in [-0.25, -0.2) is 8.42 Å². The summed E-state index contributed by atoms with van der Waals surface area (Å²) in [5.74, 6) is -0.888. The lowest BCUT2D eigenvalue weighted by Gasteiger charge is -2.15. The van der Waals surface area contributed by atoms with E-state index in [2.05, 4.69) is 10.0 Å². The zero-order valence-electron chi connectivity index (χ0n) is 15.1. The Labute approximate surface area is 157 Å². The van der Waals surface area contributed by atoms with Crippen molar-refractivity contribution in [2.45, 2.75) is 31.7 Å². The number of anilines is 1. The molecule has 27 heavy (non-hydrogen) atoms. The fourth-order valence-electron chi connectivity index (χ4n) is 2.29. The van der Waals surface area contributed by atoms with Crippen LogP contribution in [0.3, 0.4) is 0 Å². The summed E-state index contributed by atoms with van der Waals surface area (Å²) in [6.07, 6.45) is 0. The number of carbonyl (C=O) groups excluding carboxylic acids is 3. The van der Waals surface area contributed by atoms with Crippen molar-refractivity contribution in [3.8, 4) is 0 Å². The molecule has 0 aliphatic carbocycles. The minimum atomic E-state index is -3.94. The van der Waals surface area contributed by atoms with Crippen molar-refractivity contribution >= 4 is 33.2 Å². The number of benzene rings is 2. The third-order valence-electron chi connectivity index (χ3n) is 3.83. The number of amides is 1. The molecular weight excluding hydrogens is 368 g/mol. The first-order valence-electron chi connectivity index (χ1n) is 8.15. The van der Waals surface area contributed by atoms with Crippen molar-refractivity contribution in [2.75, 3.05) is 5.32 Å². The Bertz CT molecular complexity index is 981. The molecule has 1 amide bonds. The number of Topliss-reactive ketones (excluding diaryl/α,β-unsaturated/α-hetero) is 2. The Morgan fingerprint density at radius 1 is 0.889 bits per heavy atom. The zero-order valence-corrected chi connectivity index (χ0v) is 16.0. The van der Waals surface area contributed by atoms with Crippen LogP contribution < -0.4 is 10.0 Å². The molecule has 0 radical (unpaired) electrons. The van der Waals surface area contributed by atoms with E-state index in [0.717, 1.165) is 0 Å². The van der Waals surface area contributed by atoms with Crippen LogP contribution in [0.25, 0.3) is 0 Å². The fraction of sp³-hybridized carbons (Fsp3) is 0.211. The number of rotatable bonds is 7. The molecule has 0 aliphatic rings. The SMILES string of the molecule is CC(=O)c1ccc(S(=O)(=O)N[C@@H](C)C(=O)Nc2cccc(C(C)=O)c2)cc1. The number of hydrogen-bond acceptors (Lipinski definition) is 5. The van der Waals surface area contributed by atoms with Gasteiger partial charge in [0.05, 0.1) is 10.9 Å². The smallest absolute Gasteiger partial charge is 0.242 e. The van der Waals surface area contributed by atoms with Gasteiger partial charge in [0.15, 0.2) is 11.6 Å². The van der Waals surface area contributed by atoms with Crippen LogP contribution in [0.5, 0.6) is 0 Å². The van der Waals surface area contributed by atoms with E-state index in [1.54, 1.807) is 18.2 Å². The van der Waals surface area contributed by atoms with Crippen LogP contribution >= 0.6 is 0 Å². The van der Waals surface area contributed by atoms with E-state index in [1.165, 1.54) is 51.1 Å². The standard InChI is InChI=1S/C19H20N2O5S/c1-12(19(24)20-17-6-4-5-16(11-17)14(3)23)21-27(25,26)18-9-7-15(8-10-18)13(2)22/h4-12,21H,1-3H3,(H,20,24)/t12-/m0/s1. The molecular formula is C19H20N2O5S. The summed E-state index contributed by atoms with van der Waals surface area (Å²) in [5.41, 5.74) is 1.22. The highest BCUT2D eigenvalue weighted by Crippen LogP contribution is 2.14. The van der Waals surface area contributed by atoms with Gasteiger partial charge in [-0.2, -0.15) is 4.72 Å². The number of hydrogen-bond donors (Lipinski definition) is 2. The van der Waals surface area contributed by atoms with Crippen LogP contribution in [0.2, 0.25) is 0 Å². The van der Waals surface area contributed by atoms with E-state index in [-0.39, 0.29) is 16.5 Å². The van der Waals surface area contributed by atoms with Gasteiger partial charge in [-0.1, -0.05) is 24.3 Å². The molecule has 2 aromatic carbocycles. The minimum absolute atomic E-state index is 0.0503. The van der Waals surface area contributed by atoms with Crippen molar-refractivity contribution < 1.29 is 22.8 Å². The number of carbonyl (C=O) groups is 3. The van der Waals surface area contributed by atoms with Gasteiger partial charge >= 0.3 is 0 Å². The second kappa shape index (κ2) is 8.24. The Hall–Kier alpha value is -2.84. The molecule has 0 unspecified atom stereocenters. The predicted octanol–water partition coefficient (Wildman–Crippen LogP) is 2.40. The van der Waals surface area contributed by atoms with Crippen molar-refractivity contribution in [1.82, 2.24) is 4.72 Å². The van der Waals surface area contributed by atoms with Crippen LogP contribution in [0.4, 0.5) is 5.69 Å². The maximum atomic E-state index is 12.4. The molecule has 2 aromatic rings. The molecule has 0 saturated carbocycles. The quantitative estimate of drug-likeness (QED) is 0.708. The molecule has 0 spiro atoms. The third-order valence-corrected chi connectivity index (χ3v) is 5.39. The van der Waals surface area contributed by atoms with Gasteiger partial charge in [-0.05, 0) is 45.0 Å². The highest BCUT2D eigenvalue weighted by Gasteiger charge is 2.22. The maximum Gasteiger partial charge on any atom is 0.242 e. The number of nitrogens with one attached hydrogen (secondary N) is 2. The summed E-state index contributed by atoms with van der Waals surface area (Å²) in [5, 5.41) is 2.57. The largest absolute Gasteiger partial charge is 0.325 e. The van der Waals surface area contributed by atoms with E-state index in [9.17, 15) is 22.8 Å². The van der Waals surface area contributed by atoms with Gasteiger partial charge in [0.25, 0.3) is 0 Å². The van der Waals surface area contributed by atoms with Crippen LogP contribution in [0.15, 0.2) is 53.4 Å². The lowest BCUT2D eigenvalue weighted by molar-refractivity contribution is -0.117. The molecule has 2 rings (SSSR count). The van der Waals surface area contributed by atoms with Gasteiger partial charge < -0.3 is 5.32 Å². The second-order valence-electron chi connectivity index (χ2n) is 6.05. The van der Waals surface area contributed by atoms with E-state index in [0.29, 0.717) is 16.8 Å². The van der Waals surface area contributed by atoms with Gasteiger partial charge in [-0.3, -0.25) is 14.4 Å². The van der Waals surface area contributed by atoms with E-state index in [4.69, 9.17) is 0 Å². The summed E-state index contributed by atoms with van der Waals surface area (Å²) in [6, 6.07) is 10.7. The highest BCUT2D eigenvalue weighted by molar-refractivity contribution is 7.89. The first-order valence-corrected chi connectivity index (χ1v) is 9.63. The molecule has 7 nitrogen and oxygen atoms in total. The van der Waals surface area contributed by atoms with Crippen molar-refractivity contribution in [2.24, 2.45) is 0 Å². The topological polar surface area (TPSA) is 109 Å². The van der Waals surface area contributed by atoms with Crippen LogP contribution in [-0.4, -0.2) is 31.9 Å². The third kappa shape index (κ3) is 5.32. The number of sulfonamides is 1. The Balaban J connectivity index is 2.09. The lowest BCUT2D eigenvalue weighted by Crippen LogP contribution is -2.41. The van der Waals surface area contributed by atoms with Crippen LogP contribution in [0, 0.1) is 0 Å². The fourth-order valence-corrected chi connectivity index (χ4v) is 3.49. The molecule has 2 N–H and O–H groups in total. The van der Waals surface area contributed by atoms with Gasteiger partial charge in [0.2, 0.25) is 15.9 Å². The monoisotopic (exact) mass is 388 g/mol. The molecule has 1 atom stereocenters. The normalized spacial score (nSPS) is 12.3. The summed E-state index contributed by atoms with van der Waals surface area (Å²) in [4.78, 5) is 34.9. The van der Waals surface area contributed by atoms with E-state index in [1.807, 2.05) is 0 Å². The minimum Gasteiger partial charge on any atom is -0.325 e. The van der Waals surface area contributed by atoms with Crippen LogP contribution in [-0.2, 0) is 14.8 Å². The van der Waals surface area contributed by atoms with E-state index >= 15 is 0 Å². The number of ketones is 2. The molecule has 8 heteroatoms. The summed E-state index contributed by atoms with van der Waals surface area (Å²) < 4.78 is 27.1. The first kappa shape index (κ1) is 20.5. The molecule has 0 bridgehead atoms. The molecule has 0 fully saturated rings. The van der Waals surface area contributed by atoms with E-state index < -0.39 is 22.0 Å². The maximum absolute atomic E-state index is 12.4. The lowest BCUT2D eigenvalue weighted by atomic mass is 10.1. The highest BCUT2D eigenvalue weighted by atomic mass is 32.2. The first-order chi connectivity index (χ1) is 12.6. The molecule has 0 aromatic heterocycles. The molecule has 0 heterocycles. The molecule has 0 aliphatic heterocycles. The van der Waals surface area contributed by atoms with Crippen molar-refractivity contribution in [3.05, 3.63) is 59.7 Å². The Morgan fingerprint density at radius 2 is 1.48 bits per heavy atom. The summed E-state index contributed by atoms with van der Waals surface area (Å²) in [6.45, 7) is 4.20. The average Bonchev–Trinajstić information content (AvgIpc) is 2.61. The molecule has 0 saturated heterocycles. The Morgan fingerprint density at radius 3 is 2.04 bits per heavy atom. The average molecular weight is 388 g/mol. The Kier molecular flexibility index (Phi) is 6.24. The van der Waals surface area contributed by atoms with Crippen molar-refractivity contribution in [3.63, 3.8) is 0 Å². The summed E-state index contributed by atoms with van der Waals surface area (Å²) in [7, 11) is -3.94. The van der Waals surface area contributed by atoms with Crippen LogP contribution in [0.1, 0.15) is 41.5 Å². The van der Waals surface area contributed by atoms with Gasteiger partial charge in [-0.15, -0.1) is 0 Å². The second-order valence-corrected chi connectivity index (χ2v) is 7.76. The van der Waals surface area contributed by atoms with Crippen molar-refractivity contribution in [1.29, 1.82) is 0 Å². The zero-order chi connectivity index (χ0) is 20.2. The van der Waals surface area contributed by atoms with Gasteiger partial charge in [0, 0.05) is 16.8 Å². The van der Waals surface area contributed by atoms with Gasteiger partial charge in [0.1, 0.15) is 0 Å². The molecule has 142 valence electrons. The predicted molar refractivity (Wildman–Crippen MR) is 101 cm³/mol.